The van der Waals surface area contributed by atoms with Crippen molar-refractivity contribution in [1.82, 2.24) is 9.97 Å². The van der Waals surface area contributed by atoms with Gasteiger partial charge < -0.3 is 25.5 Å². The third-order valence-corrected chi connectivity index (χ3v) is 5.31. The number of aromatic amines is 1. The predicted molar refractivity (Wildman–Crippen MR) is 121 cm³/mol. The van der Waals surface area contributed by atoms with E-state index in [1.807, 2.05) is 42.5 Å². The predicted octanol–water partition coefficient (Wildman–Crippen LogP) is 3.82. The summed E-state index contributed by atoms with van der Waals surface area (Å²) in [5.74, 6) is 1.23. The van der Waals surface area contributed by atoms with Gasteiger partial charge in [-0.2, -0.15) is 0 Å². The number of carbonyl (C=O) groups excluding carboxylic acids is 1. The van der Waals surface area contributed by atoms with Crippen LogP contribution in [0.2, 0.25) is 0 Å². The standard InChI is InChI=1S/C24H22N4O3/c29-11-12-31-19-7-8-20-22(14-19)28-23(27-20)16-1-3-17(4-2-16)24(30)26-18-6-5-15-9-10-25-21(15)13-18/h1-8,13-14,25,29H,9-12H2,(H,26,30)(H,27,28). The van der Waals surface area contributed by atoms with E-state index in [1.54, 1.807) is 12.1 Å². The van der Waals surface area contributed by atoms with Gasteiger partial charge in [0.15, 0.2) is 0 Å². The van der Waals surface area contributed by atoms with Crippen molar-refractivity contribution in [2.24, 2.45) is 0 Å². The van der Waals surface area contributed by atoms with Crippen LogP contribution in [0.5, 0.6) is 5.75 Å². The minimum Gasteiger partial charge on any atom is -0.491 e. The van der Waals surface area contributed by atoms with E-state index in [4.69, 9.17) is 9.84 Å². The van der Waals surface area contributed by atoms with Crippen molar-refractivity contribution >= 4 is 28.3 Å². The third-order valence-electron chi connectivity index (χ3n) is 5.31. The Morgan fingerprint density at radius 3 is 2.81 bits per heavy atom. The van der Waals surface area contributed by atoms with Gasteiger partial charge >= 0.3 is 0 Å². The summed E-state index contributed by atoms with van der Waals surface area (Å²) in [6.45, 7) is 1.15. The number of anilines is 2. The van der Waals surface area contributed by atoms with E-state index in [0.717, 1.165) is 40.9 Å². The molecule has 0 fully saturated rings. The molecule has 4 N–H and O–H groups in total. The Hall–Kier alpha value is -3.84. The molecule has 0 atom stereocenters. The highest BCUT2D eigenvalue weighted by Crippen LogP contribution is 2.27. The second-order valence-electron chi connectivity index (χ2n) is 7.42. The number of benzene rings is 3. The normalized spacial score (nSPS) is 12.4. The number of hydrogen-bond donors (Lipinski definition) is 4. The summed E-state index contributed by atoms with van der Waals surface area (Å²) in [5, 5.41) is 15.2. The van der Waals surface area contributed by atoms with Crippen LogP contribution >= 0.6 is 0 Å². The minimum atomic E-state index is -0.153. The van der Waals surface area contributed by atoms with E-state index in [2.05, 4.69) is 26.7 Å². The summed E-state index contributed by atoms with van der Waals surface area (Å²) in [6, 6.07) is 18.8. The molecule has 1 aliphatic heterocycles. The van der Waals surface area contributed by atoms with Crippen LogP contribution in [0.15, 0.2) is 60.7 Å². The fourth-order valence-corrected chi connectivity index (χ4v) is 3.73. The van der Waals surface area contributed by atoms with Crippen LogP contribution in [0.3, 0.4) is 0 Å². The van der Waals surface area contributed by atoms with E-state index >= 15 is 0 Å². The first-order valence-electron chi connectivity index (χ1n) is 10.2. The van der Waals surface area contributed by atoms with Crippen molar-refractivity contribution in [3.8, 4) is 17.1 Å². The summed E-state index contributed by atoms with van der Waals surface area (Å²) in [4.78, 5) is 20.5. The van der Waals surface area contributed by atoms with Gasteiger partial charge in [-0.25, -0.2) is 4.98 Å². The Kier molecular flexibility index (Phi) is 5.01. The number of amides is 1. The van der Waals surface area contributed by atoms with Crippen LogP contribution in [-0.4, -0.2) is 40.7 Å². The van der Waals surface area contributed by atoms with Gasteiger partial charge in [0.1, 0.15) is 18.2 Å². The molecule has 7 heteroatoms. The molecule has 1 amide bonds. The van der Waals surface area contributed by atoms with Crippen molar-refractivity contribution in [2.75, 3.05) is 30.4 Å². The number of carbonyl (C=O) groups is 1. The zero-order valence-electron chi connectivity index (χ0n) is 16.8. The van der Waals surface area contributed by atoms with Crippen LogP contribution < -0.4 is 15.4 Å². The van der Waals surface area contributed by atoms with Crippen LogP contribution in [0, 0.1) is 0 Å². The minimum absolute atomic E-state index is 0.0322. The molecule has 0 bridgehead atoms. The van der Waals surface area contributed by atoms with E-state index < -0.39 is 0 Å². The molecule has 1 aliphatic rings. The van der Waals surface area contributed by atoms with Crippen molar-refractivity contribution < 1.29 is 14.6 Å². The number of imidazole rings is 1. The lowest BCUT2D eigenvalue weighted by Crippen LogP contribution is -2.11. The molecule has 0 radical (unpaired) electrons. The van der Waals surface area contributed by atoms with Crippen LogP contribution in [0.4, 0.5) is 11.4 Å². The quantitative estimate of drug-likeness (QED) is 0.384. The molecule has 0 saturated carbocycles. The number of hydrogen-bond acceptors (Lipinski definition) is 5. The fraction of sp³-hybridized carbons (Fsp3) is 0.167. The monoisotopic (exact) mass is 414 g/mol. The highest BCUT2D eigenvalue weighted by atomic mass is 16.5. The first-order valence-corrected chi connectivity index (χ1v) is 10.2. The van der Waals surface area contributed by atoms with E-state index in [1.165, 1.54) is 5.56 Å². The molecule has 156 valence electrons. The number of rotatable bonds is 6. The molecule has 4 aromatic rings. The average Bonchev–Trinajstić information content (AvgIpc) is 3.44. The Balaban J connectivity index is 1.31. The number of fused-ring (bicyclic) bond motifs is 2. The largest absolute Gasteiger partial charge is 0.491 e. The maximum absolute atomic E-state index is 12.6. The number of aromatic nitrogens is 2. The highest BCUT2D eigenvalue weighted by molar-refractivity contribution is 6.04. The summed E-state index contributed by atoms with van der Waals surface area (Å²) in [7, 11) is 0. The van der Waals surface area contributed by atoms with Gasteiger partial charge in [0.05, 0.1) is 17.6 Å². The second kappa shape index (κ2) is 8.12. The Morgan fingerprint density at radius 2 is 1.97 bits per heavy atom. The Bertz CT molecular complexity index is 1250. The molecule has 3 aromatic carbocycles. The van der Waals surface area contributed by atoms with Gasteiger partial charge in [-0.1, -0.05) is 18.2 Å². The second-order valence-corrected chi connectivity index (χ2v) is 7.42. The zero-order chi connectivity index (χ0) is 21.2. The number of H-pyrrole nitrogens is 1. The van der Waals surface area contributed by atoms with Crippen LogP contribution in [0.1, 0.15) is 15.9 Å². The maximum Gasteiger partial charge on any atom is 0.255 e. The Labute approximate surface area is 179 Å². The molecule has 7 nitrogen and oxygen atoms in total. The average molecular weight is 414 g/mol. The first kappa shape index (κ1) is 19.1. The smallest absolute Gasteiger partial charge is 0.255 e. The lowest BCUT2D eigenvalue weighted by molar-refractivity contribution is 0.102. The zero-order valence-corrected chi connectivity index (χ0v) is 16.8. The van der Waals surface area contributed by atoms with E-state index in [-0.39, 0.29) is 19.1 Å². The molecule has 0 unspecified atom stereocenters. The molecule has 31 heavy (non-hydrogen) atoms. The van der Waals surface area contributed by atoms with Crippen LogP contribution in [-0.2, 0) is 6.42 Å². The summed E-state index contributed by atoms with van der Waals surface area (Å²) >= 11 is 0. The van der Waals surface area contributed by atoms with Crippen molar-refractivity contribution in [1.29, 1.82) is 0 Å². The van der Waals surface area contributed by atoms with E-state index in [0.29, 0.717) is 17.1 Å². The van der Waals surface area contributed by atoms with Gasteiger partial charge in [-0.3, -0.25) is 4.79 Å². The van der Waals surface area contributed by atoms with Gasteiger partial charge in [0, 0.05) is 35.1 Å². The molecule has 2 heterocycles. The Morgan fingerprint density at radius 1 is 1.10 bits per heavy atom. The number of aliphatic hydroxyl groups excluding tert-OH is 1. The van der Waals surface area contributed by atoms with Crippen LogP contribution in [0.25, 0.3) is 22.4 Å². The molecule has 1 aromatic heterocycles. The molecule has 0 saturated heterocycles. The number of nitrogens with zero attached hydrogens (tertiary/aromatic N) is 1. The SMILES string of the molecule is O=C(Nc1ccc2c(c1)NCC2)c1ccc(-c2nc3ccc(OCCO)cc3[nH]2)cc1. The lowest BCUT2D eigenvalue weighted by atomic mass is 10.1. The van der Waals surface area contributed by atoms with Crippen molar-refractivity contribution in [2.45, 2.75) is 6.42 Å². The first-order chi connectivity index (χ1) is 15.2. The highest BCUT2D eigenvalue weighted by Gasteiger charge is 2.13. The molecule has 0 aliphatic carbocycles. The van der Waals surface area contributed by atoms with Gasteiger partial charge in [-0.15, -0.1) is 0 Å². The number of nitrogens with one attached hydrogen (secondary N) is 3. The summed E-state index contributed by atoms with van der Waals surface area (Å²) < 4.78 is 5.45. The molecule has 5 rings (SSSR count). The number of aliphatic hydroxyl groups is 1. The third kappa shape index (κ3) is 3.95. The molecule has 0 spiro atoms. The summed E-state index contributed by atoms with van der Waals surface area (Å²) in [5.41, 5.74) is 6.26. The van der Waals surface area contributed by atoms with Gasteiger partial charge in [0.2, 0.25) is 0 Å². The van der Waals surface area contributed by atoms with Gasteiger partial charge in [0.25, 0.3) is 5.91 Å². The van der Waals surface area contributed by atoms with Gasteiger partial charge in [-0.05, 0) is 48.4 Å². The maximum atomic E-state index is 12.6. The van der Waals surface area contributed by atoms with E-state index in [9.17, 15) is 4.79 Å². The topological polar surface area (TPSA) is 99.3 Å². The van der Waals surface area contributed by atoms with Crippen molar-refractivity contribution in [3.05, 3.63) is 71.8 Å². The molecular formula is C24H22N4O3. The molecular weight excluding hydrogens is 392 g/mol. The fourth-order valence-electron chi connectivity index (χ4n) is 3.73. The summed E-state index contributed by atoms with van der Waals surface area (Å²) in [6.07, 6.45) is 1.02. The van der Waals surface area contributed by atoms with Crippen molar-refractivity contribution in [3.63, 3.8) is 0 Å². The lowest BCUT2D eigenvalue weighted by Gasteiger charge is -2.08. The number of ether oxygens (including phenoxy) is 1.